The summed E-state index contributed by atoms with van der Waals surface area (Å²) >= 11 is 0. The standard InChI is InChI=1S/C14H23NO3/c1-3-8(2)12(14(17)18)15-13(16)11-7-9-4-5-10(11)6-9/h8-12H,3-7H2,1-2H3,(H,15,16)(H,17,18)/t8?,9?,10?,11?,12-/m0/s1. The van der Waals surface area contributed by atoms with E-state index in [4.69, 9.17) is 0 Å². The maximum atomic E-state index is 12.2. The molecule has 2 fully saturated rings. The van der Waals surface area contributed by atoms with Crippen LogP contribution in [-0.4, -0.2) is 23.0 Å². The first-order valence-corrected chi connectivity index (χ1v) is 7.06. The molecule has 4 heteroatoms. The van der Waals surface area contributed by atoms with Crippen molar-refractivity contribution >= 4 is 11.9 Å². The molecule has 2 aliphatic carbocycles. The number of nitrogens with one attached hydrogen (secondary N) is 1. The first-order chi connectivity index (χ1) is 8.52. The molecule has 2 saturated carbocycles. The normalized spacial score (nSPS) is 33.1. The molecule has 0 radical (unpaired) electrons. The number of fused-ring (bicyclic) bond motifs is 2. The molecule has 0 spiro atoms. The molecule has 0 saturated heterocycles. The van der Waals surface area contributed by atoms with Crippen LogP contribution in [0.25, 0.3) is 0 Å². The lowest BCUT2D eigenvalue weighted by atomic mass is 9.87. The topological polar surface area (TPSA) is 66.4 Å². The van der Waals surface area contributed by atoms with Gasteiger partial charge in [-0.15, -0.1) is 0 Å². The number of hydrogen-bond donors (Lipinski definition) is 2. The smallest absolute Gasteiger partial charge is 0.326 e. The molecule has 0 aromatic rings. The second kappa shape index (κ2) is 5.29. The molecule has 2 bridgehead atoms. The Morgan fingerprint density at radius 2 is 2.06 bits per heavy atom. The van der Waals surface area contributed by atoms with E-state index in [0.717, 1.165) is 19.3 Å². The van der Waals surface area contributed by atoms with Crippen molar-refractivity contribution in [2.75, 3.05) is 0 Å². The van der Waals surface area contributed by atoms with E-state index in [1.165, 1.54) is 12.8 Å². The number of carboxylic acid groups (broad SMARTS) is 1. The van der Waals surface area contributed by atoms with Crippen LogP contribution in [-0.2, 0) is 9.59 Å². The van der Waals surface area contributed by atoms with Crippen molar-refractivity contribution in [3.8, 4) is 0 Å². The van der Waals surface area contributed by atoms with E-state index in [1.54, 1.807) is 0 Å². The van der Waals surface area contributed by atoms with Crippen LogP contribution in [0.3, 0.4) is 0 Å². The summed E-state index contributed by atoms with van der Waals surface area (Å²) in [6, 6.07) is -0.735. The summed E-state index contributed by atoms with van der Waals surface area (Å²) in [5.74, 6) is 0.300. The first-order valence-electron chi connectivity index (χ1n) is 7.06. The van der Waals surface area contributed by atoms with Gasteiger partial charge in [0.15, 0.2) is 0 Å². The summed E-state index contributed by atoms with van der Waals surface area (Å²) in [7, 11) is 0. The minimum absolute atomic E-state index is 0.0231. The van der Waals surface area contributed by atoms with E-state index >= 15 is 0 Å². The van der Waals surface area contributed by atoms with Gasteiger partial charge in [-0.25, -0.2) is 4.79 Å². The maximum absolute atomic E-state index is 12.2. The highest BCUT2D eigenvalue weighted by atomic mass is 16.4. The average Bonchev–Trinajstić information content (AvgIpc) is 2.96. The summed E-state index contributed by atoms with van der Waals surface area (Å²) in [6.45, 7) is 3.82. The van der Waals surface area contributed by atoms with Gasteiger partial charge in [0, 0.05) is 5.92 Å². The van der Waals surface area contributed by atoms with Crippen molar-refractivity contribution in [3.63, 3.8) is 0 Å². The lowest BCUT2D eigenvalue weighted by Crippen LogP contribution is -2.48. The second-order valence-electron chi connectivity index (χ2n) is 5.99. The molecule has 2 aliphatic rings. The minimum atomic E-state index is -0.916. The monoisotopic (exact) mass is 253 g/mol. The van der Waals surface area contributed by atoms with E-state index in [9.17, 15) is 14.7 Å². The maximum Gasteiger partial charge on any atom is 0.326 e. The third kappa shape index (κ3) is 2.52. The van der Waals surface area contributed by atoms with Gasteiger partial charge in [-0.3, -0.25) is 4.79 Å². The van der Waals surface area contributed by atoms with Crippen molar-refractivity contribution < 1.29 is 14.7 Å². The minimum Gasteiger partial charge on any atom is -0.480 e. The van der Waals surface area contributed by atoms with Crippen LogP contribution < -0.4 is 5.32 Å². The van der Waals surface area contributed by atoms with Crippen molar-refractivity contribution in [2.45, 2.75) is 52.0 Å². The van der Waals surface area contributed by atoms with Crippen molar-refractivity contribution in [3.05, 3.63) is 0 Å². The van der Waals surface area contributed by atoms with Gasteiger partial charge in [-0.1, -0.05) is 26.7 Å². The van der Waals surface area contributed by atoms with Gasteiger partial charge in [0.2, 0.25) is 5.91 Å². The number of carbonyl (C=O) groups excluding carboxylic acids is 1. The highest BCUT2D eigenvalue weighted by molar-refractivity contribution is 5.85. The van der Waals surface area contributed by atoms with E-state index in [1.807, 2.05) is 13.8 Å². The molecule has 0 aromatic carbocycles. The van der Waals surface area contributed by atoms with Crippen molar-refractivity contribution in [1.82, 2.24) is 5.32 Å². The number of carbonyl (C=O) groups is 2. The first kappa shape index (κ1) is 13.4. The van der Waals surface area contributed by atoms with Crippen LogP contribution in [0.1, 0.15) is 46.0 Å². The van der Waals surface area contributed by atoms with E-state index in [2.05, 4.69) is 5.32 Å². The Kier molecular flexibility index (Phi) is 3.93. The van der Waals surface area contributed by atoms with Gasteiger partial charge in [-0.05, 0) is 37.0 Å². The molecular weight excluding hydrogens is 230 g/mol. The molecule has 0 heterocycles. The predicted molar refractivity (Wildman–Crippen MR) is 68.0 cm³/mol. The number of aliphatic carboxylic acids is 1. The molecule has 18 heavy (non-hydrogen) atoms. The Hall–Kier alpha value is -1.06. The molecular formula is C14H23NO3. The molecule has 0 aliphatic heterocycles. The van der Waals surface area contributed by atoms with Gasteiger partial charge >= 0.3 is 5.97 Å². The summed E-state index contributed by atoms with van der Waals surface area (Å²) in [5, 5.41) is 11.9. The number of rotatable bonds is 5. The van der Waals surface area contributed by atoms with Crippen LogP contribution in [0.5, 0.6) is 0 Å². The highest BCUT2D eigenvalue weighted by Crippen LogP contribution is 2.48. The van der Waals surface area contributed by atoms with Crippen LogP contribution in [0.4, 0.5) is 0 Å². The van der Waals surface area contributed by atoms with E-state index < -0.39 is 12.0 Å². The third-order valence-corrected chi connectivity index (χ3v) is 4.85. The van der Waals surface area contributed by atoms with Gasteiger partial charge in [0.05, 0.1) is 0 Å². The van der Waals surface area contributed by atoms with Gasteiger partial charge in [-0.2, -0.15) is 0 Å². The van der Waals surface area contributed by atoms with Crippen LogP contribution in [0.15, 0.2) is 0 Å². The average molecular weight is 253 g/mol. The van der Waals surface area contributed by atoms with Crippen LogP contribution >= 0.6 is 0 Å². The summed E-state index contributed by atoms with van der Waals surface area (Å²) in [6.07, 6.45) is 5.28. The number of amides is 1. The summed E-state index contributed by atoms with van der Waals surface area (Å²) in [4.78, 5) is 23.4. The third-order valence-electron chi connectivity index (χ3n) is 4.85. The molecule has 1 amide bonds. The molecule has 4 nitrogen and oxygen atoms in total. The molecule has 2 rings (SSSR count). The quantitative estimate of drug-likeness (QED) is 0.788. The highest BCUT2D eigenvalue weighted by Gasteiger charge is 2.43. The van der Waals surface area contributed by atoms with Gasteiger partial charge in [0.1, 0.15) is 6.04 Å². The molecule has 2 N–H and O–H groups in total. The fourth-order valence-electron chi connectivity index (χ4n) is 3.51. The SMILES string of the molecule is CCC(C)[C@H](NC(=O)C1CC2CCC1C2)C(=O)O. The largest absolute Gasteiger partial charge is 0.480 e. The second-order valence-corrected chi connectivity index (χ2v) is 5.99. The van der Waals surface area contributed by atoms with Gasteiger partial charge < -0.3 is 10.4 Å². The van der Waals surface area contributed by atoms with Crippen molar-refractivity contribution in [2.24, 2.45) is 23.7 Å². The molecule has 0 aromatic heterocycles. The van der Waals surface area contributed by atoms with E-state index in [0.29, 0.717) is 11.8 Å². The number of hydrogen-bond acceptors (Lipinski definition) is 2. The summed E-state index contributed by atoms with van der Waals surface area (Å²) < 4.78 is 0. The molecule has 5 atom stereocenters. The summed E-state index contributed by atoms with van der Waals surface area (Å²) in [5.41, 5.74) is 0. The zero-order valence-electron chi connectivity index (χ0n) is 11.2. The van der Waals surface area contributed by atoms with Crippen LogP contribution in [0, 0.1) is 23.7 Å². The number of carboxylic acids is 1. The zero-order chi connectivity index (χ0) is 13.3. The predicted octanol–water partition coefficient (Wildman–Crippen LogP) is 2.04. The van der Waals surface area contributed by atoms with Gasteiger partial charge in [0.25, 0.3) is 0 Å². The zero-order valence-corrected chi connectivity index (χ0v) is 11.2. The van der Waals surface area contributed by atoms with Crippen LogP contribution in [0.2, 0.25) is 0 Å². The Labute approximate surface area is 108 Å². The Bertz CT molecular complexity index is 342. The Balaban J connectivity index is 1.95. The van der Waals surface area contributed by atoms with Crippen molar-refractivity contribution in [1.29, 1.82) is 0 Å². The lowest BCUT2D eigenvalue weighted by molar-refractivity contribution is -0.144. The lowest BCUT2D eigenvalue weighted by Gasteiger charge is -2.25. The fraction of sp³-hybridized carbons (Fsp3) is 0.857. The Morgan fingerprint density at radius 3 is 2.50 bits per heavy atom. The molecule has 4 unspecified atom stereocenters. The fourth-order valence-corrected chi connectivity index (χ4v) is 3.51. The molecule has 102 valence electrons. The Morgan fingerprint density at radius 1 is 1.33 bits per heavy atom. The van der Waals surface area contributed by atoms with E-state index in [-0.39, 0.29) is 17.7 Å².